The van der Waals surface area contributed by atoms with E-state index < -0.39 is 41.4 Å². The highest BCUT2D eigenvalue weighted by atomic mass is 19.4. The molecule has 0 aliphatic rings. The number of ether oxygens (including phenoxy) is 1. The van der Waals surface area contributed by atoms with Crippen LogP contribution >= 0.6 is 0 Å². The normalized spacial score (nSPS) is 12.7. The van der Waals surface area contributed by atoms with Gasteiger partial charge in [0.25, 0.3) is 5.91 Å². The smallest absolute Gasteiger partial charge is 0.505 e. The number of halogens is 4. The number of carbonyl (C=O) groups excluding carboxylic acids is 2. The van der Waals surface area contributed by atoms with E-state index in [-0.39, 0.29) is 22.2 Å². The number of hydrogen-bond donors (Lipinski definition) is 2. The van der Waals surface area contributed by atoms with Gasteiger partial charge in [-0.15, -0.1) is 13.2 Å². The van der Waals surface area contributed by atoms with Gasteiger partial charge in [0.05, 0.1) is 11.4 Å². The van der Waals surface area contributed by atoms with E-state index in [0.717, 1.165) is 41.0 Å². The molecule has 158 valence electrons. The van der Waals surface area contributed by atoms with Crippen molar-refractivity contribution >= 4 is 22.7 Å². The first-order valence-electron chi connectivity index (χ1n) is 8.64. The van der Waals surface area contributed by atoms with E-state index in [1.54, 1.807) is 0 Å². The Morgan fingerprint density at radius 2 is 1.77 bits per heavy atom. The van der Waals surface area contributed by atoms with E-state index in [0.29, 0.717) is 5.56 Å². The van der Waals surface area contributed by atoms with Gasteiger partial charge in [-0.3, -0.25) is 14.2 Å². The molecule has 1 aromatic heterocycles. The van der Waals surface area contributed by atoms with Crippen molar-refractivity contribution in [1.82, 2.24) is 4.57 Å². The fourth-order valence-electron chi connectivity index (χ4n) is 3.33. The zero-order chi connectivity index (χ0) is 22.4. The summed E-state index contributed by atoms with van der Waals surface area (Å²) in [7, 11) is 0. The fraction of sp³-hybridized carbons (Fsp3) is 0.200. The van der Waals surface area contributed by atoms with Crippen molar-refractivity contribution in [2.24, 2.45) is 5.73 Å². The van der Waals surface area contributed by atoms with Crippen molar-refractivity contribution in [3.8, 4) is 11.5 Å². The first-order valence-corrected chi connectivity index (χ1v) is 8.64. The molecule has 0 saturated heterocycles. The summed E-state index contributed by atoms with van der Waals surface area (Å²) in [6, 6.07) is 6.23. The zero-order valence-corrected chi connectivity index (χ0v) is 15.7. The Bertz CT molecular complexity index is 1150. The molecule has 3 rings (SSSR count). The summed E-state index contributed by atoms with van der Waals surface area (Å²) in [6.45, 7) is 3.02. The highest BCUT2D eigenvalue weighted by molar-refractivity contribution is 6.05. The van der Waals surface area contributed by atoms with Gasteiger partial charge in [-0.25, -0.2) is 4.39 Å². The molecule has 0 spiro atoms. The third-order valence-electron chi connectivity index (χ3n) is 4.72. The molecule has 1 amide bonds. The number of nitrogens with two attached hydrogens (primary N) is 1. The number of phenolic OH excluding ortho intramolecular Hbond substituents is 1. The highest BCUT2D eigenvalue weighted by Gasteiger charge is 2.31. The van der Waals surface area contributed by atoms with Gasteiger partial charge < -0.3 is 15.6 Å². The van der Waals surface area contributed by atoms with Crippen LogP contribution in [0, 0.1) is 12.7 Å². The maximum atomic E-state index is 14.0. The number of phenols is 1. The summed E-state index contributed by atoms with van der Waals surface area (Å²) in [5.41, 5.74) is 6.07. The average Bonchev–Trinajstić information content (AvgIpc) is 2.91. The average molecular weight is 424 g/mol. The Morgan fingerprint density at radius 1 is 1.17 bits per heavy atom. The predicted molar refractivity (Wildman–Crippen MR) is 98.8 cm³/mol. The van der Waals surface area contributed by atoms with Crippen molar-refractivity contribution in [2.75, 3.05) is 0 Å². The van der Waals surface area contributed by atoms with E-state index in [2.05, 4.69) is 4.74 Å². The van der Waals surface area contributed by atoms with Crippen molar-refractivity contribution in [1.29, 1.82) is 0 Å². The van der Waals surface area contributed by atoms with Gasteiger partial charge in [0.1, 0.15) is 5.75 Å². The second-order valence-corrected chi connectivity index (χ2v) is 6.66. The van der Waals surface area contributed by atoms with Crippen LogP contribution in [0.1, 0.15) is 34.5 Å². The number of amides is 1. The van der Waals surface area contributed by atoms with Crippen LogP contribution in [0.3, 0.4) is 0 Å². The van der Waals surface area contributed by atoms with Crippen LogP contribution in [-0.2, 0) is 4.79 Å². The molecule has 0 aliphatic heterocycles. The van der Waals surface area contributed by atoms with Gasteiger partial charge in [0.15, 0.2) is 11.6 Å². The lowest BCUT2D eigenvalue weighted by molar-refractivity contribution is -0.274. The highest BCUT2D eigenvalue weighted by Crippen LogP contribution is 2.36. The molecule has 10 heteroatoms. The molecule has 2 aromatic carbocycles. The zero-order valence-electron chi connectivity index (χ0n) is 15.7. The number of fused-ring (bicyclic) bond motifs is 1. The molecule has 0 saturated carbocycles. The standard InChI is InChI=1S/C20H16F4N2O4/c1-9(18(25)28)17-10(2)26(15-8-14(21)16(27)7-13(15)17)19(29)11-3-5-12(6-4-11)30-20(22,23)24/h3-9,27H,1-2H3,(H2,25,28)/t9-/m1/s1. The molecule has 1 atom stereocenters. The summed E-state index contributed by atoms with van der Waals surface area (Å²) < 4.78 is 55.9. The van der Waals surface area contributed by atoms with Crippen LogP contribution in [0.25, 0.3) is 10.9 Å². The monoisotopic (exact) mass is 424 g/mol. The summed E-state index contributed by atoms with van der Waals surface area (Å²) >= 11 is 0. The van der Waals surface area contributed by atoms with E-state index in [1.807, 2.05) is 0 Å². The number of alkyl halides is 3. The molecule has 0 aliphatic carbocycles. The number of aromatic nitrogens is 1. The maximum Gasteiger partial charge on any atom is 0.573 e. The van der Waals surface area contributed by atoms with Crippen molar-refractivity contribution < 1.29 is 37.0 Å². The second-order valence-electron chi connectivity index (χ2n) is 6.66. The molecule has 3 N–H and O–H groups in total. The first kappa shape index (κ1) is 21.2. The number of rotatable bonds is 4. The molecule has 0 fully saturated rings. The van der Waals surface area contributed by atoms with Crippen LogP contribution in [0.15, 0.2) is 36.4 Å². The molecule has 0 radical (unpaired) electrons. The largest absolute Gasteiger partial charge is 0.573 e. The molecule has 30 heavy (non-hydrogen) atoms. The van der Waals surface area contributed by atoms with E-state index >= 15 is 0 Å². The topological polar surface area (TPSA) is 94.5 Å². The van der Waals surface area contributed by atoms with Crippen LogP contribution in [0.5, 0.6) is 11.5 Å². The van der Waals surface area contributed by atoms with E-state index in [1.165, 1.54) is 13.8 Å². The minimum atomic E-state index is -4.88. The van der Waals surface area contributed by atoms with Crippen LogP contribution < -0.4 is 10.5 Å². The molecule has 0 unspecified atom stereocenters. The van der Waals surface area contributed by atoms with E-state index in [9.17, 15) is 32.3 Å². The summed E-state index contributed by atoms with van der Waals surface area (Å²) in [5.74, 6) is -4.38. The Morgan fingerprint density at radius 3 is 2.30 bits per heavy atom. The third-order valence-corrected chi connectivity index (χ3v) is 4.72. The third kappa shape index (κ3) is 3.80. The number of nitrogens with zero attached hydrogens (tertiary/aromatic N) is 1. The lowest BCUT2D eigenvalue weighted by Gasteiger charge is -2.11. The number of primary amides is 1. The lowest BCUT2D eigenvalue weighted by atomic mass is 9.97. The Balaban J connectivity index is 2.15. The van der Waals surface area contributed by atoms with Gasteiger partial charge in [0.2, 0.25) is 5.91 Å². The fourth-order valence-corrected chi connectivity index (χ4v) is 3.33. The lowest BCUT2D eigenvalue weighted by Crippen LogP contribution is -2.20. The minimum absolute atomic E-state index is 0.00344. The molecular formula is C20H16F4N2O4. The second kappa shape index (κ2) is 7.36. The number of aromatic hydroxyl groups is 1. The van der Waals surface area contributed by atoms with Crippen molar-refractivity contribution in [3.63, 3.8) is 0 Å². The molecular weight excluding hydrogens is 408 g/mol. The SMILES string of the molecule is Cc1c([C@@H](C)C(N)=O)c2cc(O)c(F)cc2n1C(=O)c1ccc(OC(F)(F)F)cc1. The van der Waals surface area contributed by atoms with Crippen molar-refractivity contribution in [2.45, 2.75) is 26.1 Å². The van der Waals surface area contributed by atoms with Gasteiger partial charge >= 0.3 is 6.36 Å². The quantitative estimate of drug-likeness (QED) is 0.620. The summed E-state index contributed by atoms with van der Waals surface area (Å²) in [6.07, 6.45) is -4.88. The van der Waals surface area contributed by atoms with Gasteiger partial charge in [-0.2, -0.15) is 0 Å². The van der Waals surface area contributed by atoms with Crippen LogP contribution in [0.2, 0.25) is 0 Å². The first-order chi connectivity index (χ1) is 13.9. The number of benzene rings is 2. The molecule has 1 heterocycles. The molecule has 6 nitrogen and oxygen atoms in total. The van der Waals surface area contributed by atoms with Gasteiger partial charge in [0, 0.05) is 22.7 Å². The Labute approximate surface area is 167 Å². The maximum absolute atomic E-state index is 14.0. The Kier molecular flexibility index (Phi) is 5.19. The van der Waals surface area contributed by atoms with Gasteiger partial charge in [-0.05, 0) is 49.7 Å². The Hall–Kier alpha value is -3.56. The minimum Gasteiger partial charge on any atom is -0.505 e. The summed E-state index contributed by atoms with van der Waals surface area (Å²) in [4.78, 5) is 24.8. The van der Waals surface area contributed by atoms with Crippen molar-refractivity contribution in [3.05, 3.63) is 59.0 Å². The number of carbonyl (C=O) groups is 2. The predicted octanol–water partition coefficient (Wildman–Crippen LogP) is 3.97. The number of hydrogen-bond acceptors (Lipinski definition) is 4. The molecule has 0 bridgehead atoms. The molecule has 3 aromatic rings. The summed E-state index contributed by atoms with van der Waals surface area (Å²) in [5, 5.41) is 10.0. The van der Waals surface area contributed by atoms with Gasteiger partial charge in [-0.1, -0.05) is 0 Å². The van der Waals surface area contributed by atoms with Crippen LogP contribution in [-0.4, -0.2) is 27.9 Å². The van der Waals surface area contributed by atoms with Crippen LogP contribution in [0.4, 0.5) is 17.6 Å². The van der Waals surface area contributed by atoms with E-state index in [4.69, 9.17) is 5.73 Å².